The van der Waals surface area contributed by atoms with Crippen molar-refractivity contribution in [2.45, 2.75) is 13.5 Å². The number of anilines is 1. The van der Waals surface area contributed by atoms with E-state index in [-0.39, 0.29) is 29.9 Å². The fraction of sp³-hybridized carbons (Fsp3) is 0.333. The number of amides is 1. The Balaban J connectivity index is 0.00000420. The van der Waals surface area contributed by atoms with Crippen molar-refractivity contribution in [3.8, 4) is 11.5 Å². The Bertz CT molecular complexity index is 823. The van der Waals surface area contributed by atoms with Crippen molar-refractivity contribution in [2.24, 2.45) is 4.99 Å². The molecule has 158 valence electrons. The number of ether oxygens (including phenoxy) is 2. The highest BCUT2D eigenvalue weighted by molar-refractivity contribution is 14.0. The van der Waals surface area contributed by atoms with Gasteiger partial charge in [0.15, 0.2) is 17.5 Å². The van der Waals surface area contributed by atoms with Crippen LogP contribution in [0, 0.1) is 0 Å². The molecule has 0 saturated heterocycles. The third-order valence-corrected chi connectivity index (χ3v) is 4.02. The van der Waals surface area contributed by atoms with Crippen molar-refractivity contribution in [3.05, 3.63) is 53.6 Å². The zero-order valence-corrected chi connectivity index (χ0v) is 19.8. The number of methoxy groups -OCH3 is 1. The molecule has 0 fully saturated rings. The van der Waals surface area contributed by atoms with E-state index in [1.54, 1.807) is 33.2 Å². The van der Waals surface area contributed by atoms with Crippen LogP contribution in [0.1, 0.15) is 22.8 Å². The first-order valence-corrected chi connectivity index (χ1v) is 9.07. The summed E-state index contributed by atoms with van der Waals surface area (Å²) in [5.74, 6) is 1.97. The third kappa shape index (κ3) is 7.12. The number of halogens is 1. The predicted octanol–water partition coefficient (Wildman–Crippen LogP) is 3.60. The SMILES string of the molecule is CCOc1cc(NC(=NC)NCc2ccc(C(=O)N(C)C)cc2)ccc1OC.I. The molecule has 0 atom stereocenters. The zero-order chi connectivity index (χ0) is 20.5. The van der Waals surface area contributed by atoms with Gasteiger partial charge in [-0.05, 0) is 36.8 Å². The lowest BCUT2D eigenvalue weighted by Gasteiger charge is -2.15. The minimum atomic E-state index is -0.0124. The Hall–Kier alpha value is -2.49. The van der Waals surface area contributed by atoms with Gasteiger partial charge in [0.05, 0.1) is 13.7 Å². The van der Waals surface area contributed by atoms with Crippen molar-refractivity contribution < 1.29 is 14.3 Å². The molecule has 2 aromatic rings. The monoisotopic (exact) mass is 512 g/mol. The second-order valence-corrected chi connectivity index (χ2v) is 6.25. The highest BCUT2D eigenvalue weighted by Gasteiger charge is 2.09. The molecular weight excluding hydrogens is 483 g/mol. The number of carbonyl (C=O) groups excluding carboxylic acids is 1. The van der Waals surface area contributed by atoms with Crippen LogP contribution in [-0.4, -0.2) is 51.6 Å². The van der Waals surface area contributed by atoms with Crippen LogP contribution in [0.3, 0.4) is 0 Å². The Labute approximate surface area is 189 Å². The van der Waals surface area contributed by atoms with Crippen molar-refractivity contribution >= 4 is 41.5 Å². The van der Waals surface area contributed by atoms with Gasteiger partial charge in [0.2, 0.25) is 0 Å². The number of carbonyl (C=O) groups is 1. The summed E-state index contributed by atoms with van der Waals surface area (Å²) >= 11 is 0. The number of nitrogens with one attached hydrogen (secondary N) is 2. The van der Waals surface area contributed by atoms with Gasteiger partial charge in [-0.25, -0.2) is 0 Å². The Morgan fingerprint density at radius 1 is 1.10 bits per heavy atom. The van der Waals surface area contributed by atoms with Gasteiger partial charge in [-0.3, -0.25) is 9.79 Å². The number of guanidine groups is 1. The van der Waals surface area contributed by atoms with Gasteiger partial charge in [-0.2, -0.15) is 0 Å². The molecule has 0 aliphatic heterocycles. The number of hydrogen-bond donors (Lipinski definition) is 2. The highest BCUT2D eigenvalue weighted by Crippen LogP contribution is 2.30. The molecule has 1 amide bonds. The zero-order valence-electron chi connectivity index (χ0n) is 17.5. The topological polar surface area (TPSA) is 75.2 Å². The molecule has 8 heteroatoms. The summed E-state index contributed by atoms with van der Waals surface area (Å²) in [5.41, 5.74) is 2.55. The van der Waals surface area contributed by atoms with Crippen LogP contribution in [0.4, 0.5) is 5.69 Å². The largest absolute Gasteiger partial charge is 0.493 e. The van der Waals surface area contributed by atoms with Crippen LogP contribution >= 0.6 is 24.0 Å². The lowest BCUT2D eigenvalue weighted by atomic mass is 10.1. The number of rotatable bonds is 7. The van der Waals surface area contributed by atoms with Gasteiger partial charge in [0.25, 0.3) is 5.91 Å². The van der Waals surface area contributed by atoms with E-state index in [1.165, 1.54) is 0 Å². The molecule has 0 unspecified atom stereocenters. The van der Waals surface area contributed by atoms with Gasteiger partial charge in [0, 0.05) is 45.0 Å². The molecule has 29 heavy (non-hydrogen) atoms. The first-order chi connectivity index (χ1) is 13.5. The lowest BCUT2D eigenvalue weighted by Crippen LogP contribution is -2.30. The summed E-state index contributed by atoms with van der Waals surface area (Å²) in [6.07, 6.45) is 0. The van der Waals surface area contributed by atoms with Crippen LogP contribution in [0.15, 0.2) is 47.5 Å². The van der Waals surface area contributed by atoms with Crippen molar-refractivity contribution in [1.29, 1.82) is 0 Å². The number of hydrogen-bond acceptors (Lipinski definition) is 4. The molecule has 0 spiro atoms. The summed E-state index contributed by atoms with van der Waals surface area (Å²) in [6.45, 7) is 3.06. The smallest absolute Gasteiger partial charge is 0.253 e. The van der Waals surface area contributed by atoms with Gasteiger partial charge in [-0.1, -0.05) is 12.1 Å². The fourth-order valence-electron chi connectivity index (χ4n) is 2.55. The molecule has 0 saturated carbocycles. The summed E-state index contributed by atoms with van der Waals surface area (Å²) in [6, 6.07) is 13.1. The third-order valence-electron chi connectivity index (χ3n) is 4.02. The van der Waals surface area contributed by atoms with E-state index < -0.39 is 0 Å². The number of aliphatic imine (C=N–C) groups is 1. The predicted molar refractivity (Wildman–Crippen MR) is 128 cm³/mol. The van der Waals surface area contributed by atoms with Gasteiger partial charge < -0.3 is 25.0 Å². The minimum absolute atomic E-state index is 0. The van der Waals surface area contributed by atoms with Crippen molar-refractivity contribution in [1.82, 2.24) is 10.2 Å². The van der Waals surface area contributed by atoms with E-state index >= 15 is 0 Å². The van der Waals surface area contributed by atoms with E-state index in [0.717, 1.165) is 11.3 Å². The molecule has 2 rings (SSSR count). The van der Waals surface area contributed by atoms with E-state index in [4.69, 9.17) is 9.47 Å². The molecule has 0 bridgehead atoms. The van der Waals surface area contributed by atoms with Crippen LogP contribution in [0.5, 0.6) is 11.5 Å². The molecule has 0 aliphatic carbocycles. The van der Waals surface area contributed by atoms with Crippen LogP contribution in [-0.2, 0) is 6.54 Å². The van der Waals surface area contributed by atoms with E-state index in [0.29, 0.717) is 36.2 Å². The lowest BCUT2D eigenvalue weighted by molar-refractivity contribution is 0.0827. The van der Waals surface area contributed by atoms with Gasteiger partial charge >= 0.3 is 0 Å². The summed E-state index contributed by atoms with van der Waals surface area (Å²) in [4.78, 5) is 17.8. The Kier molecular flexibility index (Phi) is 10.3. The van der Waals surface area contributed by atoms with Crippen LogP contribution < -0.4 is 20.1 Å². The first-order valence-electron chi connectivity index (χ1n) is 9.07. The molecule has 2 aromatic carbocycles. The molecule has 0 aromatic heterocycles. The molecule has 0 radical (unpaired) electrons. The molecule has 7 nitrogen and oxygen atoms in total. The minimum Gasteiger partial charge on any atom is -0.493 e. The van der Waals surface area contributed by atoms with Gasteiger partial charge in [0.1, 0.15) is 0 Å². The maximum Gasteiger partial charge on any atom is 0.253 e. The van der Waals surface area contributed by atoms with Gasteiger partial charge in [-0.15, -0.1) is 24.0 Å². The Morgan fingerprint density at radius 3 is 2.34 bits per heavy atom. The maximum absolute atomic E-state index is 12.0. The molecule has 2 N–H and O–H groups in total. The first kappa shape index (κ1) is 24.5. The molecule has 0 aliphatic rings. The summed E-state index contributed by atoms with van der Waals surface area (Å²) in [5, 5.41) is 6.49. The van der Waals surface area contributed by atoms with E-state index in [1.807, 2.05) is 49.4 Å². The molecule has 0 heterocycles. The fourth-order valence-corrected chi connectivity index (χ4v) is 2.55. The average molecular weight is 512 g/mol. The maximum atomic E-state index is 12.0. The number of nitrogens with zero attached hydrogens (tertiary/aromatic N) is 2. The Morgan fingerprint density at radius 2 is 1.79 bits per heavy atom. The van der Waals surface area contributed by atoms with Crippen molar-refractivity contribution in [2.75, 3.05) is 40.2 Å². The quantitative estimate of drug-likeness (QED) is 0.337. The van der Waals surface area contributed by atoms with Crippen LogP contribution in [0.25, 0.3) is 0 Å². The summed E-state index contributed by atoms with van der Waals surface area (Å²) < 4.78 is 10.9. The number of benzene rings is 2. The second-order valence-electron chi connectivity index (χ2n) is 6.25. The van der Waals surface area contributed by atoms with Crippen molar-refractivity contribution in [3.63, 3.8) is 0 Å². The average Bonchev–Trinajstić information content (AvgIpc) is 2.71. The summed E-state index contributed by atoms with van der Waals surface area (Å²) in [7, 11) is 6.80. The molecular formula is C21H29IN4O3. The van der Waals surface area contributed by atoms with E-state index in [2.05, 4.69) is 15.6 Å². The highest BCUT2D eigenvalue weighted by atomic mass is 127. The van der Waals surface area contributed by atoms with E-state index in [9.17, 15) is 4.79 Å². The van der Waals surface area contributed by atoms with Crippen LogP contribution in [0.2, 0.25) is 0 Å². The normalized spacial score (nSPS) is 10.6. The second kappa shape index (κ2) is 12.2. The standard InChI is InChI=1S/C21H28N4O3.HI/c1-6-28-19-13-17(11-12-18(19)27-5)24-21(22-2)23-14-15-7-9-16(10-8-15)20(26)25(3)4;/h7-13H,6,14H2,1-5H3,(H2,22,23,24);1H.